The van der Waals surface area contributed by atoms with Gasteiger partial charge in [-0.3, -0.25) is 0 Å². The fraction of sp³-hybridized carbons (Fsp3) is 0.529. The summed E-state index contributed by atoms with van der Waals surface area (Å²) in [6.45, 7) is 4.66. The minimum atomic E-state index is -0.164. The lowest BCUT2D eigenvalue weighted by Gasteiger charge is -2.45. The second-order valence-corrected chi connectivity index (χ2v) is 7.82. The number of fused-ring (bicyclic) bond motifs is 5. The van der Waals surface area contributed by atoms with Crippen LogP contribution < -0.4 is 11.4 Å². The highest BCUT2D eigenvalue weighted by atomic mass is 16.2. The van der Waals surface area contributed by atoms with Crippen molar-refractivity contribution in [1.82, 2.24) is 13.9 Å². The fourth-order valence-corrected chi connectivity index (χ4v) is 6.66. The Hall–Kier alpha value is -2.04. The summed E-state index contributed by atoms with van der Waals surface area (Å²) in [7, 11) is 0. The van der Waals surface area contributed by atoms with Gasteiger partial charge in [0, 0.05) is 5.92 Å². The minimum absolute atomic E-state index is 0.162. The molecule has 0 bridgehead atoms. The number of benzene rings is 1. The summed E-state index contributed by atoms with van der Waals surface area (Å²) in [6, 6.07) is 9.72. The van der Waals surface area contributed by atoms with Gasteiger partial charge in [0.25, 0.3) is 0 Å². The van der Waals surface area contributed by atoms with Crippen LogP contribution in [-0.4, -0.2) is 13.9 Å². The van der Waals surface area contributed by atoms with Crippen LogP contribution in [0.25, 0.3) is 5.69 Å². The van der Waals surface area contributed by atoms with E-state index in [0.29, 0.717) is 22.9 Å². The Morgan fingerprint density at radius 2 is 1.68 bits per heavy atom. The van der Waals surface area contributed by atoms with Crippen LogP contribution in [0.1, 0.15) is 32.4 Å². The predicted octanol–water partition coefficient (Wildman–Crippen LogP) is 1.57. The highest BCUT2D eigenvalue weighted by molar-refractivity contribution is 5.41. The summed E-state index contributed by atoms with van der Waals surface area (Å²) < 4.78 is 4.91. The molecular weight excluding hydrogens is 278 g/mol. The lowest BCUT2D eigenvalue weighted by Crippen LogP contribution is -2.46. The highest BCUT2D eigenvalue weighted by Gasteiger charge is 2.93. The van der Waals surface area contributed by atoms with Crippen LogP contribution in [-0.2, 0) is 0 Å². The second-order valence-electron chi connectivity index (χ2n) is 7.82. The molecule has 5 heteroatoms. The van der Waals surface area contributed by atoms with Gasteiger partial charge in [0.1, 0.15) is 0 Å². The summed E-state index contributed by atoms with van der Waals surface area (Å²) in [5.74, 6) is 1.18. The molecule has 0 spiro atoms. The van der Waals surface area contributed by atoms with Gasteiger partial charge in [-0.2, -0.15) is 0 Å². The lowest BCUT2D eigenvalue weighted by atomic mass is 9.60. The number of para-hydroxylation sites is 1. The number of rotatable bonds is 1. The van der Waals surface area contributed by atoms with E-state index >= 15 is 0 Å². The molecule has 4 aliphatic rings. The van der Waals surface area contributed by atoms with Crippen molar-refractivity contribution in [3.63, 3.8) is 0 Å². The minimum Gasteiger partial charge on any atom is -0.245 e. The van der Waals surface area contributed by atoms with Crippen molar-refractivity contribution in [2.24, 2.45) is 22.7 Å². The van der Waals surface area contributed by atoms with Gasteiger partial charge < -0.3 is 0 Å². The Kier molecular flexibility index (Phi) is 1.52. The smallest absolute Gasteiger partial charge is 0.245 e. The zero-order valence-electron chi connectivity index (χ0n) is 12.6. The quantitative estimate of drug-likeness (QED) is 0.802. The van der Waals surface area contributed by atoms with Crippen molar-refractivity contribution in [3.05, 3.63) is 51.3 Å². The molecule has 1 aromatic heterocycles. The maximum atomic E-state index is 13.0. The average molecular weight is 295 g/mol. The summed E-state index contributed by atoms with van der Waals surface area (Å²) in [5, 5.41) is 0. The number of nitrogens with zero attached hydrogens (tertiary/aromatic N) is 3. The number of hydrogen-bond donors (Lipinski definition) is 0. The van der Waals surface area contributed by atoms with Crippen LogP contribution in [0.5, 0.6) is 0 Å². The van der Waals surface area contributed by atoms with Crippen molar-refractivity contribution in [2.75, 3.05) is 0 Å². The van der Waals surface area contributed by atoms with Crippen molar-refractivity contribution < 1.29 is 0 Å². The van der Waals surface area contributed by atoms with Gasteiger partial charge >= 0.3 is 11.4 Å². The average Bonchev–Trinajstić information content (AvgIpc) is 2.85. The number of aromatic nitrogens is 3. The largest absolute Gasteiger partial charge is 0.352 e. The maximum Gasteiger partial charge on any atom is 0.352 e. The van der Waals surface area contributed by atoms with Crippen LogP contribution in [0, 0.1) is 22.7 Å². The third-order valence-corrected chi connectivity index (χ3v) is 7.66. The summed E-state index contributed by atoms with van der Waals surface area (Å²) in [4.78, 5) is 25.9. The Morgan fingerprint density at radius 1 is 1.00 bits per heavy atom. The zero-order chi connectivity index (χ0) is 15.0. The van der Waals surface area contributed by atoms with Crippen molar-refractivity contribution in [1.29, 1.82) is 0 Å². The van der Waals surface area contributed by atoms with Gasteiger partial charge in [0.15, 0.2) is 0 Å². The normalized spacial score (nSPS) is 45.4. The molecule has 3 saturated carbocycles. The Bertz CT molecular complexity index is 968. The third-order valence-electron chi connectivity index (χ3n) is 7.66. The van der Waals surface area contributed by atoms with E-state index in [-0.39, 0.29) is 28.9 Å². The molecule has 0 amide bonds. The van der Waals surface area contributed by atoms with Crippen LogP contribution in [0.3, 0.4) is 0 Å². The fourth-order valence-electron chi connectivity index (χ4n) is 6.66. The molecule has 5 nitrogen and oxygen atoms in total. The first-order valence-electron chi connectivity index (χ1n) is 8.04. The van der Waals surface area contributed by atoms with E-state index in [1.54, 1.807) is 9.36 Å². The topological polar surface area (TPSA) is 48.9 Å². The molecule has 2 heterocycles. The van der Waals surface area contributed by atoms with Gasteiger partial charge in [0.2, 0.25) is 0 Å². The second kappa shape index (κ2) is 2.90. The molecule has 112 valence electrons. The summed E-state index contributed by atoms with van der Waals surface area (Å²) in [6.07, 6.45) is 1.06. The van der Waals surface area contributed by atoms with E-state index in [9.17, 15) is 9.59 Å². The molecule has 1 aromatic carbocycles. The van der Waals surface area contributed by atoms with Gasteiger partial charge in [0.05, 0.1) is 17.8 Å². The molecular formula is C17H17N3O2. The molecule has 0 saturated heterocycles. The molecule has 6 atom stereocenters. The lowest BCUT2D eigenvalue weighted by molar-refractivity contribution is 0.0167. The summed E-state index contributed by atoms with van der Waals surface area (Å²) >= 11 is 0. The molecule has 3 aliphatic carbocycles. The molecule has 0 radical (unpaired) electrons. The monoisotopic (exact) mass is 295 g/mol. The molecule has 22 heavy (non-hydrogen) atoms. The summed E-state index contributed by atoms with van der Waals surface area (Å²) in [5.41, 5.74) is 0.936. The van der Waals surface area contributed by atoms with Crippen LogP contribution in [0.4, 0.5) is 0 Å². The van der Waals surface area contributed by atoms with E-state index < -0.39 is 0 Å². The molecule has 0 N–H and O–H groups in total. The van der Waals surface area contributed by atoms with E-state index in [0.717, 1.165) is 6.42 Å². The molecule has 1 aliphatic heterocycles. The van der Waals surface area contributed by atoms with Crippen LogP contribution in [0.15, 0.2) is 39.9 Å². The first-order chi connectivity index (χ1) is 10.5. The van der Waals surface area contributed by atoms with Crippen molar-refractivity contribution in [2.45, 2.75) is 32.4 Å². The maximum absolute atomic E-state index is 13.0. The van der Waals surface area contributed by atoms with Gasteiger partial charge in [-0.15, -0.1) is 0 Å². The Balaban J connectivity index is 1.65. The third kappa shape index (κ3) is 0.788. The van der Waals surface area contributed by atoms with E-state index in [1.165, 1.54) is 4.57 Å². The standard InChI is InChI=1S/C17H17N3O2/c1-16-11-8-10-12(16)13(17(11,16)2)20-15(22)18(14(21)19(10)20)9-6-4-3-5-7-9/h3-7,10-13H,8H2,1-2H3/t10-,11-,12+,13-,16+,17+/m0/s1. The first kappa shape index (κ1) is 11.5. The SMILES string of the molecule is C[C@]12[C@H]3[C@@H]4n5c(=O)n(-c6ccccc6)c(=O)n5[C@H]3C[C@@H]1[C@]42C. The molecule has 3 fully saturated rings. The van der Waals surface area contributed by atoms with Gasteiger partial charge in [-0.05, 0) is 35.3 Å². The Labute approximate surface area is 126 Å². The zero-order valence-corrected chi connectivity index (χ0v) is 12.6. The van der Waals surface area contributed by atoms with E-state index in [1.807, 2.05) is 30.3 Å². The Morgan fingerprint density at radius 3 is 2.36 bits per heavy atom. The van der Waals surface area contributed by atoms with Gasteiger partial charge in [-0.1, -0.05) is 32.0 Å². The first-order valence-corrected chi connectivity index (χ1v) is 8.04. The van der Waals surface area contributed by atoms with Crippen molar-refractivity contribution >= 4 is 0 Å². The molecule has 2 aromatic rings. The van der Waals surface area contributed by atoms with E-state index in [4.69, 9.17) is 0 Å². The highest BCUT2D eigenvalue weighted by Crippen LogP contribution is 2.96. The van der Waals surface area contributed by atoms with Crippen molar-refractivity contribution in [3.8, 4) is 5.69 Å². The predicted molar refractivity (Wildman–Crippen MR) is 80.2 cm³/mol. The van der Waals surface area contributed by atoms with Crippen LogP contribution >= 0.6 is 0 Å². The van der Waals surface area contributed by atoms with Gasteiger partial charge in [-0.25, -0.2) is 23.5 Å². The molecule has 0 unspecified atom stereocenters. The van der Waals surface area contributed by atoms with Crippen LogP contribution in [0.2, 0.25) is 0 Å². The molecule has 6 rings (SSSR count). The number of hydrogen-bond acceptors (Lipinski definition) is 2. The van der Waals surface area contributed by atoms with E-state index in [2.05, 4.69) is 13.8 Å².